The molecular weight excluding hydrogens is 728 g/mol. The van der Waals surface area contributed by atoms with Crippen LogP contribution in [0.2, 0.25) is 0 Å². The Hall–Kier alpha value is -5.93. The second kappa shape index (κ2) is 16.8. The maximum Gasteiger partial charge on any atom is 0.269 e. The summed E-state index contributed by atoms with van der Waals surface area (Å²) in [4.78, 5) is 25.6. The second-order valence-corrected chi connectivity index (χ2v) is 14.0. The van der Waals surface area contributed by atoms with E-state index in [-0.39, 0.29) is 22.9 Å². The third-order valence-electron chi connectivity index (χ3n) is 8.31. The van der Waals surface area contributed by atoms with Crippen LogP contribution in [0.4, 0.5) is 15.8 Å². The number of rotatable bonds is 15. The Labute approximate surface area is 318 Å². The standard InChI is InChI=1S/C39H35FN8O4S2/c1-3-22-47-35(43-45-38(47)53-24-33(49)41-28-13-8-5-9-14-28)32-21-20-30(52-32)27-16-18-29(19-17-27)42-37(50)34(40)54-39-46-44-36(31-15-10-23-51-31)48(39)25(2)26-11-6-4-7-12-26/h4-21,23,25,34H,3,22,24H2,1-2H3,(H,41,49)(H,42,50). The summed E-state index contributed by atoms with van der Waals surface area (Å²) in [6, 6.07) is 32.7. The van der Waals surface area contributed by atoms with E-state index in [9.17, 15) is 9.59 Å². The molecule has 15 heteroatoms. The van der Waals surface area contributed by atoms with Gasteiger partial charge in [0.25, 0.3) is 5.91 Å². The number of amides is 2. The van der Waals surface area contributed by atoms with E-state index >= 15 is 4.39 Å². The first-order valence-electron chi connectivity index (χ1n) is 17.1. The minimum atomic E-state index is -1.98. The van der Waals surface area contributed by atoms with Crippen LogP contribution >= 0.6 is 23.5 Å². The van der Waals surface area contributed by atoms with Gasteiger partial charge < -0.3 is 19.5 Å². The maximum atomic E-state index is 15.5. The summed E-state index contributed by atoms with van der Waals surface area (Å²) in [6.07, 6.45) is 2.36. The number of furan rings is 2. The van der Waals surface area contributed by atoms with Crippen molar-refractivity contribution in [1.82, 2.24) is 29.5 Å². The SMILES string of the molecule is CCCn1c(SCC(=O)Nc2ccccc2)nnc1-c1ccc(-c2ccc(NC(=O)C(F)Sc3nnc(-c4ccco4)n3C(C)c3ccccc3)cc2)o1. The molecule has 0 saturated heterocycles. The minimum absolute atomic E-state index is 0.142. The number of benzene rings is 3. The zero-order chi connectivity index (χ0) is 37.4. The molecule has 7 rings (SSSR count). The lowest BCUT2D eigenvalue weighted by molar-refractivity contribution is -0.118. The van der Waals surface area contributed by atoms with E-state index < -0.39 is 11.4 Å². The first kappa shape index (κ1) is 36.4. The van der Waals surface area contributed by atoms with Gasteiger partial charge in [-0.1, -0.05) is 67.2 Å². The zero-order valence-electron chi connectivity index (χ0n) is 29.3. The summed E-state index contributed by atoms with van der Waals surface area (Å²) in [7, 11) is 0. The first-order valence-corrected chi connectivity index (χ1v) is 19.0. The van der Waals surface area contributed by atoms with Gasteiger partial charge in [0.2, 0.25) is 23.1 Å². The molecule has 0 saturated carbocycles. The molecule has 0 bridgehead atoms. The van der Waals surface area contributed by atoms with Gasteiger partial charge in [-0.2, -0.15) is 0 Å². The van der Waals surface area contributed by atoms with Crippen LogP contribution in [0.15, 0.2) is 135 Å². The molecule has 12 nitrogen and oxygen atoms in total. The average molecular weight is 763 g/mol. The molecule has 54 heavy (non-hydrogen) atoms. The van der Waals surface area contributed by atoms with Crippen LogP contribution in [-0.4, -0.2) is 52.6 Å². The monoisotopic (exact) mass is 762 g/mol. The lowest BCUT2D eigenvalue weighted by Crippen LogP contribution is -2.22. The van der Waals surface area contributed by atoms with Crippen LogP contribution in [0.25, 0.3) is 34.5 Å². The minimum Gasteiger partial charge on any atom is -0.461 e. The number of nitrogens with one attached hydrogen (secondary N) is 2. The van der Waals surface area contributed by atoms with Crippen molar-refractivity contribution in [2.24, 2.45) is 0 Å². The number of halogens is 1. The van der Waals surface area contributed by atoms with Gasteiger partial charge in [0.05, 0.1) is 18.1 Å². The Kier molecular flexibility index (Phi) is 11.3. The number of thioether (sulfide) groups is 2. The smallest absolute Gasteiger partial charge is 0.269 e. The number of carbonyl (C=O) groups is 2. The highest BCUT2D eigenvalue weighted by Crippen LogP contribution is 2.34. The number of aromatic nitrogens is 6. The molecule has 4 aromatic heterocycles. The van der Waals surface area contributed by atoms with Crippen molar-refractivity contribution in [3.63, 3.8) is 0 Å². The molecule has 2 atom stereocenters. The molecule has 2 amide bonds. The van der Waals surface area contributed by atoms with E-state index in [2.05, 4.69) is 38.0 Å². The van der Waals surface area contributed by atoms with Gasteiger partial charge in [0.15, 0.2) is 21.8 Å². The summed E-state index contributed by atoms with van der Waals surface area (Å²) in [6.45, 7) is 4.64. The van der Waals surface area contributed by atoms with Crippen LogP contribution < -0.4 is 10.6 Å². The molecule has 2 unspecified atom stereocenters. The average Bonchev–Trinajstić information content (AvgIpc) is 4.03. The summed E-state index contributed by atoms with van der Waals surface area (Å²) in [5, 5.41) is 23.6. The Balaban J connectivity index is 0.998. The molecular formula is C39H35FN8O4S2. The molecule has 274 valence electrons. The molecule has 0 aliphatic carbocycles. The van der Waals surface area contributed by atoms with Gasteiger partial charge in [-0.3, -0.25) is 18.7 Å². The van der Waals surface area contributed by atoms with Gasteiger partial charge in [-0.25, -0.2) is 4.39 Å². The van der Waals surface area contributed by atoms with Crippen molar-refractivity contribution < 1.29 is 22.8 Å². The van der Waals surface area contributed by atoms with Crippen LogP contribution in [0, 0.1) is 0 Å². The third kappa shape index (κ3) is 8.32. The summed E-state index contributed by atoms with van der Waals surface area (Å²) < 4.78 is 31.0. The van der Waals surface area contributed by atoms with Crippen molar-refractivity contribution in [3.05, 3.63) is 121 Å². The number of hydrogen-bond donors (Lipinski definition) is 2. The fourth-order valence-corrected chi connectivity index (χ4v) is 7.25. The van der Waals surface area contributed by atoms with Gasteiger partial charge in [0, 0.05) is 23.5 Å². The highest BCUT2D eigenvalue weighted by atomic mass is 32.2. The predicted molar refractivity (Wildman–Crippen MR) is 207 cm³/mol. The van der Waals surface area contributed by atoms with E-state index in [0.717, 1.165) is 23.2 Å². The van der Waals surface area contributed by atoms with Crippen molar-refractivity contribution in [1.29, 1.82) is 0 Å². The summed E-state index contributed by atoms with van der Waals surface area (Å²) >= 11 is 1.97. The van der Waals surface area contributed by atoms with Crippen molar-refractivity contribution in [3.8, 4) is 34.5 Å². The lowest BCUT2D eigenvalue weighted by atomic mass is 10.1. The number of nitrogens with zero attached hydrogens (tertiary/aromatic N) is 6. The van der Waals surface area contributed by atoms with Crippen molar-refractivity contribution >= 4 is 46.7 Å². The molecule has 0 aliphatic rings. The molecule has 0 fully saturated rings. The quantitative estimate of drug-likeness (QED) is 0.0972. The Morgan fingerprint density at radius 1 is 0.759 bits per heavy atom. The highest BCUT2D eigenvalue weighted by Gasteiger charge is 2.27. The van der Waals surface area contributed by atoms with Crippen LogP contribution in [0.1, 0.15) is 31.9 Å². The van der Waals surface area contributed by atoms with Crippen LogP contribution in [0.3, 0.4) is 0 Å². The Morgan fingerprint density at radius 2 is 1.44 bits per heavy atom. The van der Waals surface area contributed by atoms with Crippen molar-refractivity contribution in [2.75, 3.05) is 16.4 Å². The first-order chi connectivity index (χ1) is 26.4. The third-order valence-corrected chi connectivity index (χ3v) is 10.2. The largest absolute Gasteiger partial charge is 0.461 e. The van der Waals surface area contributed by atoms with E-state index in [0.29, 0.717) is 58.1 Å². The lowest BCUT2D eigenvalue weighted by Gasteiger charge is -2.18. The molecule has 2 N–H and O–H groups in total. The predicted octanol–water partition coefficient (Wildman–Crippen LogP) is 8.83. The zero-order valence-corrected chi connectivity index (χ0v) is 30.9. The van der Waals surface area contributed by atoms with E-state index in [1.165, 1.54) is 18.0 Å². The molecule has 0 spiro atoms. The fourth-order valence-electron chi connectivity index (χ4n) is 5.69. The molecule has 0 aliphatic heterocycles. The molecule has 0 radical (unpaired) electrons. The van der Waals surface area contributed by atoms with Gasteiger partial charge in [-0.05, 0) is 91.3 Å². The van der Waals surface area contributed by atoms with Crippen LogP contribution in [0.5, 0.6) is 0 Å². The number of para-hydroxylation sites is 1. The second-order valence-electron chi connectivity index (χ2n) is 12.1. The number of hydrogen-bond acceptors (Lipinski definition) is 10. The highest BCUT2D eigenvalue weighted by molar-refractivity contribution is 8.00. The Bertz CT molecular complexity index is 2310. The maximum absolute atomic E-state index is 15.5. The van der Waals surface area contributed by atoms with Crippen molar-refractivity contribution in [2.45, 2.75) is 48.7 Å². The van der Waals surface area contributed by atoms with Gasteiger partial charge in [0.1, 0.15) is 5.76 Å². The summed E-state index contributed by atoms with van der Waals surface area (Å²) in [5.41, 5.74) is 0.870. The normalized spacial score (nSPS) is 12.4. The van der Waals surface area contributed by atoms with Gasteiger partial charge >= 0.3 is 0 Å². The molecule has 3 aromatic carbocycles. The van der Waals surface area contributed by atoms with E-state index in [1.807, 2.05) is 84.3 Å². The summed E-state index contributed by atoms with van der Waals surface area (Å²) in [5.74, 6) is 1.74. The van der Waals surface area contributed by atoms with E-state index in [4.69, 9.17) is 8.83 Å². The van der Waals surface area contributed by atoms with Gasteiger partial charge in [-0.15, -0.1) is 20.4 Å². The van der Waals surface area contributed by atoms with E-state index in [1.54, 1.807) is 41.0 Å². The number of anilines is 2. The fraction of sp³-hybridized carbons (Fsp3) is 0.179. The number of carbonyl (C=O) groups excluding carboxylic acids is 2. The molecule has 4 heterocycles. The Morgan fingerprint density at radius 3 is 2.17 bits per heavy atom. The number of alkyl halides is 1. The van der Waals surface area contributed by atoms with Crippen LogP contribution in [-0.2, 0) is 16.1 Å². The molecule has 7 aromatic rings. The topological polar surface area (TPSA) is 146 Å².